The maximum absolute atomic E-state index is 13.8. The molecule has 0 bridgehead atoms. The number of nitrogens with zero attached hydrogens (tertiary/aromatic N) is 6. The number of alkyl halides is 3. The molecule has 4 rings (SSSR count). The predicted octanol–water partition coefficient (Wildman–Crippen LogP) is 4.31. The highest BCUT2D eigenvalue weighted by Gasteiger charge is 2.38. The third-order valence-corrected chi connectivity index (χ3v) is 5.22. The third-order valence-electron chi connectivity index (χ3n) is 5.22. The number of methoxy groups -OCH3 is 1. The number of carbonyl (C=O) groups is 1. The smallest absolute Gasteiger partial charge is 0.433 e. The molecule has 192 valence electrons. The minimum absolute atomic E-state index is 0.0144. The Morgan fingerprint density at radius 3 is 2.61 bits per heavy atom. The van der Waals surface area contributed by atoms with Crippen LogP contribution < -0.4 is 15.0 Å². The van der Waals surface area contributed by atoms with Gasteiger partial charge in [-0.1, -0.05) is 0 Å². The normalized spacial score (nSPS) is 16.0. The standard InChI is InChI=1S/C21H20F5N7O3/c1-35-19-27-9-13(10-28-19)32(20(34)30-16-6-5-14(22)18(23)29-16)11-12-8-15(21(24,25)26)33(31-12)17-4-2-3-7-36-17/h5-6,8-10,17H,2-4,7,11H2,1H3,(H,29,30,34). The Balaban J connectivity index is 1.66. The largest absolute Gasteiger partial charge is 0.467 e. The summed E-state index contributed by atoms with van der Waals surface area (Å²) in [6, 6.07) is 1.66. The summed E-state index contributed by atoms with van der Waals surface area (Å²) in [5.41, 5.74) is -1.08. The quantitative estimate of drug-likeness (QED) is 0.387. The highest BCUT2D eigenvalue weighted by molar-refractivity contribution is 6.00. The molecule has 1 aliphatic rings. The second-order valence-electron chi connectivity index (χ2n) is 7.70. The van der Waals surface area contributed by atoms with Crippen molar-refractivity contribution >= 4 is 17.5 Å². The number of rotatable bonds is 6. The highest BCUT2D eigenvalue weighted by Crippen LogP contribution is 2.34. The fourth-order valence-electron chi connectivity index (χ4n) is 3.53. The van der Waals surface area contributed by atoms with Crippen LogP contribution in [0.5, 0.6) is 6.01 Å². The van der Waals surface area contributed by atoms with E-state index in [0.29, 0.717) is 19.4 Å². The summed E-state index contributed by atoms with van der Waals surface area (Å²) in [5.74, 6) is -2.98. The molecule has 1 unspecified atom stereocenters. The van der Waals surface area contributed by atoms with Gasteiger partial charge in [0.2, 0.25) is 0 Å². The van der Waals surface area contributed by atoms with Crippen LogP contribution in [0.2, 0.25) is 0 Å². The Labute approximate surface area is 201 Å². The van der Waals surface area contributed by atoms with Crippen LogP contribution in [0.1, 0.15) is 36.9 Å². The van der Waals surface area contributed by atoms with Crippen molar-refractivity contribution in [3.8, 4) is 6.01 Å². The van der Waals surface area contributed by atoms with E-state index in [1.807, 2.05) is 0 Å². The Kier molecular flexibility index (Phi) is 7.28. The summed E-state index contributed by atoms with van der Waals surface area (Å²) in [7, 11) is 1.33. The molecule has 0 saturated carbocycles. The van der Waals surface area contributed by atoms with E-state index in [9.17, 15) is 26.7 Å². The van der Waals surface area contributed by atoms with E-state index >= 15 is 0 Å². The second-order valence-corrected chi connectivity index (χ2v) is 7.70. The number of pyridine rings is 1. The molecule has 0 aliphatic carbocycles. The van der Waals surface area contributed by atoms with Crippen molar-refractivity contribution in [3.63, 3.8) is 0 Å². The van der Waals surface area contributed by atoms with E-state index in [-0.39, 0.29) is 23.2 Å². The van der Waals surface area contributed by atoms with Gasteiger partial charge in [-0.25, -0.2) is 23.8 Å². The maximum atomic E-state index is 13.8. The lowest BCUT2D eigenvalue weighted by atomic mass is 10.2. The van der Waals surface area contributed by atoms with Gasteiger partial charge in [0.05, 0.1) is 37.4 Å². The van der Waals surface area contributed by atoms with Crippen LogP contribution in [-0.4, -0.2) is 44.5 Å². The van der Waals surface area contributed by atoms with Crippen LogP contribution >= 0.6 is 0 Å². The van der Waals surface area contributed by atoms with Gasteiger partial charge in [-0.15, -0.1) is 0 Å². The Hall–Kier alpha value is -3.88. The van der Waals surface area contributed by atoms with Gasteiger partial charge in [-0.3, -0.25) is 10.2 Å². The average Bonchev–Trinajstić information content (AvgIpc) is 3.30. The summed E-state index contributed by atoms with van der Waals surface area (Å²) in [6.07, 6.45) is -1.46. The summed E-state index contributed by atoms with van der Waals surface area (Å²) < 4.78 is 79.1. The Bertz CT molecular complexity index is 1210. The number of hydrogen-bond acceptors (Lipinski definition) is 7. The van der Waals surface area contributed by atoms with Crippen molar-refractivity contribution < 1.29 is 36.2 Å². The first-order valence-corrected chi connectivity index (χ1v) is 10.7. The van der Waals surface area contributed by atoms with E-state index < -0.39 is 42.4 Å². The van der Waals surface area contributed by atoms with Crippen molar-refractivity contribution in [1.82, 2.24) is 24.7 Å². The molecule has 1 fully saturated rings. The molecule has 1 aliphatic heterocycles. The van der Waals surface area contributed by atoms with Crippen LogP contribution in [0.25, 0.3) is 0 Å². The summed E-state index contributed by atoms with van der Waals surface area (Å²) in [5, 5.41) is 6.35. The Morgan fingerprint density at radius 1 is 1.25 bits per heavy atom. The number of hydrogen-bond donors (Lipinski definition) is 1. The topological polar surface area (TPSA) is 107 Å². The van der Waals surface area contributed by atoms with E-state index in [4.69, 9.17) is 9.47 Å². The number of carbonyl (C=O) groups excluding carboxylic acids is 1. The molecule has 15 heteroatoms. The summed E-state index contributed by atoms with van der Waals surface area (Å²) >= 11 is 0. The molecule has 2 amide bonds. The number of halogens is 5. The van der Waals surface area contributed by atoms with Gasteiger partial charge in [0.1, 0.15) is 11.5 Å². The van der Waals surface area contributed by atoms with Crippen LogP contribution in [0, 0.1) is 11.8 Å². The van der Waals surface area contributed by atoms with Crippen molar-refractivity contribution in [3.05, 3.63) is 53.7 Å². The molecule has 10 nitrogen and oxygen atoms in total. The molecule has 0 radical (unpaired) electrons. The highest BCUT2D eigenvalue weighted by atomic mass is 19.4. The van der Waals surface area contributed by atoms with Crippen LogP contribution in [0.3, 0.4) is 0 Å². The Morgan fingerprint density at radius 2 is 2.00 bits per heavy atom. The molecule has 1 atom stereocenters. The molecule has 3 aromatic heterocycles. The first-order valence-electron chi connectivity index (χ1n) is 10.7. The lowest BCUT2D eigenvalue weighted by Gasteiger charge is -2.25. The van der Waals surface area contributed by atoms with E-state index in [2.05, 4.69) is 25.4 Å². The van der Waals surface area contributed by atoms with Gasteiger partial charge in [-0.05, 0) is 37.5 Å². The number of amides is 2. The van der Waals surface area contributed by atoms with Crippen LogP contribution in [0.15, 0.2) is 30.6 Å². The zero-order valence-electron chi connectivity index (χ0n) is 18.8. The van der Waals surface area contributed by atoms with Crippen LogP contribution in [0.4, 0.5) is 38.3 Å². The fraction of sp³-hybridized carbons (Fsp3) is 0.381. The van der Waals surface area contributed by atoms with Crippen molar-refractivity contribution in [2.75, 3.05) is 23.9 Å². The molecule has 3 aromatic rings. The number of ether oxygens (including phenoxy) is 2. The number of aromatic nitrogens is 5. The summed E-state index contributed by atoms with van der Waals surface area (Å²) in [4.78, 5) is 25.1. The summed E-state index contributed by atoms with van der Waals surface area (Å²) in [6.45, 7) is -0.149. The fourth-order valence-corrected chi connectivity index (χ4v) is 3.53. The molecular formula is C21H20F5N7O3. The number of urea groups is 1. The third kappa shape index (κ3) is 5.67. The van der Waals surface area contributed by atoms with Crippen molar-refractivity contribution in [2.24, 2.45) is 0 Å². The average molecular weight is 513 g/mol. The van der Waals surface area contributed by atoms with Gasteiger partial charge >= 0.3 is 18.2 Å². The number of nitrogens with one attached hydrogen (secondary N) is 1. The first-order chi connectivity index (χ1) is 17.2. The molecule has 36 heavy (non-hydrogen) atoms. The zero-order chi connectivity index (χ0) is 25.9. The molecular weight excluding hydrogens is 493 g/mol. The molecule has 1 saturated heterocycles. The predicted molar refractivity (Wildman–Crippen MR) is 114 cm³/mol. The molecule has 4 heterocycles. The lowest BCUT2D eigenvalue weighted by Crippen LogP contribution is -2.35. The zero-order valence-corrected chi connectivity index (χ0v) is 18.8. The van der Waals surface area contributed by atoms with Gasteiger partial charge in [-0.2, -0.15) is 27.6 Å². The van der Waals surface area contributed by atoms with E-state index in [1.165, 1.54) is 19.5 Å². The maximum Gasteiger partial charge on any atom is 0.433 e. The monoisotopic (exact) mass is 513 g/mol. The minimum Gasteiger partial charge on any atom is -0.467 e. The molecule has 1 N–H and O–H groups in total. The SMILES string of the molecule is COc1ncc(N(Cc2cc(C(F)(F)F)n(C3CCCCO3)n2)C(=O)Nc2ccc(F)c(F)n2)cn1. The molecule has 0 aromatic carbocycles. The van der Waals surface area contributed by atoms with Gasteiger partial charge in [0, 0.05) is 6.61 Å². The van der Waals surface area contributed by atoms with E-state index in [0.717, 1.165) is 34.2 Å². The first kappa shape index (κ1) is 25.2. The van der Waals surface area contributed by atoms with Gasteiger partial charge < -0.3 is 9.47 Å². The van der Waals surface area contributed by atoms with Gasteiger partial charge in [0.15, 0.2) is 12.0 Å². The van der Waals surface area contributed by atoms with Crippen LogP contribution in [-0.2, 0) is 17.5 Å². The van der Waals surface area contributed by atoms with Crippen molar-refractivity contribution in [1.29, 1.82) is 0 Å². The second kappa shape index (κ2) is 10.4. The molecule has 0 spiro atoms. The lowest BCUT2D eigenvalue weighted by molar-refractivity contribution is -0.152. The van der Waals surface area contributed by atoms with Crippen molar-refractivity contribution in [2.45, 2.75) is 38.2 Å². The van der Waals surface area contributed by atoms with E-state index in [1.54, 1.807) is 0 Å². The minimum atomic E-state index is -4.72. The number of anilines is 2. The van der Waals surface area contributed by atoms with Gasteiger partial charge in [0.25, 0.3) is 5.95 Å².